The zero-order valence-corrected chi connectivity index (χ0v) is 10.6. The number of anilines is 1. The summed E-state index contributed by atoms with van der Waals surface area (Å²) in [6.07, 6.45) is 2.83. The lowest BCUT2D eigenvalue weighted by molar-refractivity contribution is 0.102. The molecule has 2 rings (SSSR count). The zero-order chi connectivity index (χ0) is 14.5. The van der Waals surface area contributed by atoms with E-state index < -0.39 is 11.7 Å². The van der Waals surface area contributed by atoms with Gasteiger partial charge in [0.25, 0.3) is 5.91 Å². The average molecular weight is 271 g/mol. The van der Waals surface area contributed by atoms with Crippen molar-refractivity contribution in [3.05, 3.63) is 53.6 Å². The van der Waals surface area contributed by atoms with Crippen LogP contribution in [0.2, 0.25) is 0 Å². The average Bonchev–Trinajstić information content (AvgIpc) is 2.49. The number of aromatic nitrogens is 1. The fourth-order valence-electron chi connectivity index (χ4n) is 1.61. The number of methoxy groups -OCH3 is 1. The first kappa shape index (κ1) is 13.5. The first-order valence-corrected chi connectivity index (χ1v) is 5.64. The number of hydrogen-bond donors (Lipinski definition) is 1. The standard InChI is InChI=1S/C14H10FN3O2/c1-20-13-8-17-5-4-10(13)14(19)18-12-3-2-9(7-16)6-11(12)15/h2-6,8H,1H3,(H,18,19). The van der Waals surface area contributed by atoms with Crippen molar-refractivity contribution in [1.82, 2.24) is 4.98 Å². The van der Waals surface area contributed by atoms with Gasteiger partial charge in [0.1, 0.15) is 11.6 Å². The molecule has 100 valence electrons. The number of halogens is 1. The van der Waals surface area contributed by atoms with Crippen LogP contribution in [0.4, 0.5) is 10.1 Å². The Morgan fingerprint density at radius 3 is 2.90 bits per heavy atom. The van der Waals surface area contributed by atoms with E-state index in [0.717, 1.165) is 6.07 Å². The number of nitrogens with one attached hydrogen (secondary N) is 1. The summed E-state index contributed by atoms with van der Waals surface area (Å²) in [7, 11) is 1.41. The molecule has 0 aliphatic heterocycles. The van der Waals surface area contributed by atoms with Crippen molar-refractivity contribution in [2.75, 3.05) is 12.4 Å². The van der Waals surface area contributed by atoms with Crippen LogP contribution in [0.5, 0.6) is 5.75 Å². The Labute approximate surface area is 114 Å². The minimum Gasteiger partial charge on any atom is -0.494 e. The number of rotatable bonds is 3. The summed E-state index contributed by atoms with van der Waals surface area (Å²) in [5.41, 5.74) is 0.418. The number of hydrogen-bond acceptors (Lipinski definition) is 4. The quantitative estimate of drug-likeness (QED) is 0.929. The van der Waals surface area contributed by atoms with E-state index >= 15 is 0 Å². The van der Waals surface area contributed by atoms with Crippen molar-refractivity contribution in [2.45, 2.75) is 0 Å². The van der Waals surface area contributed by atoms with Crippen molar-refractivity contribution < 1.29 is 13.9 Å². The van der Waals surface area contributed by atoms with Gasteiger partial charge in [0.15, 0.2) is 0 Å². The van der Waals surface area contributed by atoms with Crippen LogP contribution in [-0.4, -0.2) is 18.0 Å². The van der Waals surface area contributed by atoms with Gasteiger partial charge in [-0.3, -0.25) is 9.78 Å². The molecule has 6 heteroatoms. The Bertz CT molecular complexity index is 695. The molecule has 0 aliphatic carbocycles. The topological polar surface area (TPSA) is 75.0 Å². The molecule has 0 saturated carbocycles. The molecule has 1 aromatic carbocycles. The number of nitrogens with zero attached hydrogens (tertiary/aromatic N) is 2. The lowest BCUT2D eigenvalue weighted by Crippen LogP contribution is -2.14. The Kier molecular flexibility index (Phi) is 3.91. The van der Waals surface area contributed by atoms with Crippen molar-refractivity contribution in [1.29, 1.82) is 5.26 Å². The molecule has 1 N–H and O–H groups in total. The normalized spacial score (nSPS) is 9.65. The van der Waals surface area contributed by atoms with Gasteiger partial charge in [0, 0.05) is 6.20 Å². The van der Waals surface area contributed by atoms with Gasteiger partial charge in [0.05, 0.1) is 36.2 Å². The van der Waals surface area contributed by atoms with E-state index in [1.165, 1.54) is 37.7 Å². The van der Waals surface area contributed by atoms with Crippen LogP contribution in [0.1, 0.15) is 15.9 Å². The van der Waals surface area contributed by atoms with E-state index in [9.17, 15) is 9.18 Å². The molecule has 1 amide bonds. The molecule has 0 unspecified atom stereocenters. The Morgan fingerprint density at radius 2 is 2.25 bits per heavy atom. The lowest BCUT2D eigenvalue weighted by atomic mass is 10.2. The van der Waals surface area contributed by atoms with E-state index in [1.807, 2.05) is 6.07 Å². The molecular weight excluding hydrogens is 261 g/mol. The molecule has 0 aliphatic rings. The molecule has 0 radical (unpaired) electrons. The maximum absolute atomic E-state index is 13.7. The van der Waals surface area contributed by atoms with Crippen LogP contribution < -0.4 is 10.1 Å². The first-order valence-electron chi connectivity index (χ1n) is 5.64. The van der Waals surface area contributed by atoms with E-state index in [0.29, 0.717) is 5.75 Å². The monoisotopic (exact) mass is 271 g/mol. The largest absolute Gasteiger partial charge is 0.494 e. The van der Waals surface area contributed by atoms with Crippen LogP contribution in [0.25, 0.3) is 0 Å². The summed E-state index contributed by atoms with van der Waals surface area (Å²) < 4.78 is 18.7. The smallest absolute Gasteiger partial charge is 0.259 e. The number of amides is 1. The van der Waals surface area contributed by atoms with Gasteiger partial charge in [-0.15, -0.1) is 0 Å². The summed E-state index contributed by atoms with van der Waals surface area (Å²) in [5.74, 6) is -0.905. The van der Waals surface area contributed by atoms with Gasteiger partial charge in [-0.1, -0.05) is 0 Å². The Morgan fingerprint density at radius 1 is 1.45 bits per heavy atom. The fourth-order valence-corrected chi connectivity index (χ4v) is 1.61. The number of nitriles is 1. The van der Waals surface area contributed by atoms with Gasteiger partial charge in [-0.2, -0.15) is 5.26 Å². The van der Waals surface area contributed by atoms with Gasteiger partial charge in [-0.05, 0) is 24.3 Å². The SMILES string of the molecule is COc1cnccc1C(=O)Nc1ccc(C#N)cc1F. The molecule has 0 atom stereocenters. The molecule has 2 aromatic rings. The van der Waals surface area contributed by atoms with E-state index in [-0.39, 0.29) is 16.8 Å². The van der Waals surface area contributed by atoms with Gasteiger partial charge in [0.2, 0.25) is 0 Å². The highest BCUT2D eigenvalue weighted by Gasteiger charge is 2.14. The molecule has 0 fully saturated rings. The summed E-state index contributed by atoms with van der Waals surface area (Å²) in [5, 5.41) is 11.1. The van der Waals surface area contributed by atoms with E-state index in [1.54, 1.807) is 0 Å². The summed E-state index contributed by atoms with van der Waals surface area (Å²) in [6.45, 7) is 0. The molecule has 1 heterocycles. The van der Waals surface area contributed by atoms with Crippen molar-refractivity contribution in [3.63, 3.8) is 0 Å². The van der Waals surface area contributed by atoms with Crippen LogP contribution in [0.3, 0.4) is 0 Å². The summed E-state index contributed by atoms with van der Waals surface area (Å²) in [6, 6.07) is 7.09. The van der Waals surface area contributed by atoms with Crippen LogP contribution >= 0.6 is 0 Å². The minimum absolute atomic E-state index is 0.00661. The number of carbonyl (C=O) groups is 1. The predicted molar refractivity (Wildman–Crippen MR) is 69.9 cm³/mol. The highest BCUT2D eigenvalue weighted by atomic mass is 19.1. The molecular formula is C14H10FN3O2. The van der Waals surface area contributed by atoms with Gasteiger partial charge in [-0.25, -0.2) is 4.39 Å². The van der Waals surface area contributed by atoms with Crippen molar-refractivity contribution in [3.8, 4) is 11.8 Å². The fraction of sp³-hybridized carbons (Fsp3) is 0.0714. The van der Waals surface area contributed by atoms with Gasteiger partial charge < -0.3 is 10.1 Å². The number of benzene rings is 1. The van der Waals surface area contributed by atoms with E-state index in [2.05, 4.69) is 10.3 Å². The Hall–Kier alpha value is -2.94. The maximum atomic E-state index is 13.7. The lowest BCUT2D eigenvalue weighted by Gasteiger charge is -2.09. The Balaban J connectivity index is 2.26. The summed E-state index contributed by atoms with van der Waals surface area (Å²) in [4.78, 5) is 15.9. The molecule has 1 aromatic heterocycles. The number of carbonyl (C=O) groups excluding carboxylic acids is 1. The van der Waals surface area contributed by atoms with E-state index in [4.69, 9.17) is 10.00 Å². The first-order chi connectivity index (χ1) is 9.65. The van der Waals surface area contributed by atoms with Crippen molar-refractivity contribution in [2.24, 2.45) is 0 Å². The molecule has 0 saturated heterocycles. The van der Waals surface area contributed by atoms with Crippen LogP contribution in [0.15, 0.2) is 36.7 Å². The third kappa shape index (κ3) is 2.72. The molecule has 20 heavy (non-hydrogen) atoms. The third-order valence-electron chi connectivity index (χ3n) is 2.60. The third-order valence-corrected chi connectivity index (χ3v) is 2.60. The highest BCUT2D eigenvalue weighted by Crippen LogP contribution is 2.20. The summed E-state index contributed by atoms with van der Waals surface area (Å²) >= 11 is 0. The number of pyridine rings is 1. The minimum atomic E-state index is -0.676. The van der Waals surface area contributed by atoms with Crippen LogP contribution in [0, 0.1) is 17.1 Å². The highest BCUT2D eigenvalue weighted by molar-refractivity contribution is 6.06. The second-order valence-electron chi connectivity index (χ2n) is 3.84. The second-order valence-corrected chi connectivity index (χ2v) is 3.84. The predicted octanol–water partition coefficient (Wildman–Crippen LogP) is 2.35. The van der Waals surface area contributed by atoms with Crippen LogP contribution in [-0.2, 0) is 0 Å². The second kappa shape index (κ2) is 5.80. The maximum Gasteiger partial charge on any atom is 0.259 e. The van der Waals surface area contributed by atoms with Gasteiger partial charge >= 0.3 is 0 Å². The molecule has 0 spiro atoms. The zero-order valence-electron chi connectivity index (χ0n) is 10.6. The molecule has 0 bridgehead atoms. The van der Waals surface area contributed by atoms with Crippen molar-refractivity contribution >= 4 is 11.6 Å². The number of ether oxygens (including phenoxy) is 1. The molecule has 5 nitrogen and oxygen atoms in total.